The molecule has 1 aromatic heterocycles. The Morgan fingerprint density at radius 2 is 2.00 bits per heavy atom. The van der Waals surface area contributed by atoms with Crippen LogP contribution in [0, 0.1) is 10.1 Å². The van der Waals surface area contributed by atoms with Crippen LogP contribution in [0.15, 0.2) is 54.7 Å². The highest BCUT2D eigenvalue weighted by Crippen LogP contribution is 2.25. The predicted molar refractivity (Wildman–Crippen MR) is 89.3 cm³/mol. The Bertz CT molecular complexity index is 940. The predicted octanol–water partition coefficient (Wildman–Crippen LogP) is 3.40. The summed E-state index contributed by atoms with van der Waals surface area (Å²) in [5.41, 5.74) is 1.20. The number of aromatic nitrogens is 1. The molecule has 0 aliphatic rings. The summed E-state index contributed by atoms with van der Waals surface area (Å²) in [6, 6.07) is 13.1. The largest absolute Gasteiger partial charge is 0.496 e. The first-order valence-electron chi connectivity index (χ1n) is 7.07. The lowest BCUT2D eigenvalue weighted by molar-refractivity contribution is -0.384. The summed E-state index contributed by atoms with van der Waals surface area (Å²) >= 11 is 0. The molecule has 1 amide bonds. The fourth-order valence-electron chi connectivity index (χ4n) is 2.32. The number of carbonyl (C=O) groups is 1. The summed E-state index contributed by atoms with van der Waals surface area (Å²) in [5.74, 6) is -0.250. The molecule has 1 N–H and O–H groups in total. The normalized spacial score (nSPS) is 10.4. The van der Waals surface area contributed by atoms with Crippen molar-refractivity contribution in [2.45, 2.75) is 0 Å². The average molecular weight is 323 g/mol. The lowest BCUT2D eigenvalue weighted by atomic mass is 10.1. The number of benzene rings is 2. The number of hydrogen-bond donors (Lipinski definition) is 1. The van der Waals surface area contributed by atoms with Crippen LogP contribution in [-0.4, -0.2) is 22.9 Å². The van der Waals surface area contributed by atoms with Gasteiger partial charge < -0.3 is 10.1 Å². The van der Waals surface area contributed by atoms with Crippen LogP contribution in [0.4, 0.5) is 11.4 Å². The highest BCUT2D eigenvalue weighted by atomic mass is 16.6. The maximum atomic E-state index is 12.5. The monoisotopic (exact) mass is 323 g/mol. The highest BCUT2D eigenvalue weighted by Gasteiger charge is 2.17. The Kier molecular flexibility index (Phi) is 4.07. The molecule has 0 bridgehead atoms. The lowest BCUT2D eigenvalue weighted by Gasteiger charge is -2.09. The van der Waals surface area contributed by atoms with E-state index >= 15 is 0 Å². The van der Waals surface area contributed by atoms with E-state index in [1.165, 1.54) is 31.5 Å². The topological polar surface area (TPSA) is 94.4 Å². The van der Waals surface area contributed by atoms with Gasteiger partial charge in [0.25, 0.3) is 11.6 Å². The molecule has 24 heavy (non-hydrogen) atoms. The maximum Gasteiger partial charge on any atom is 0.270 e. The van der Waals surface area contributed by atoms with Crippen molar-refractivity contribution in [1.82, 2.24) is 4.98 Å². The summed E-state index contributed by atoms with van der Waals surface area (Å²) in [5, 5.41) is 14.5. The fourth-order valence-corrected chi connectivity index (χ4v) is 2.32. The zero-order valence-electron chi connectivity index (χ0n) is 12.7. The van der Waals surface area contributed by atoms with Gasteiger partial charge in [-0.3, -0.25) is 19.9 Å². The quantitative estimate of drug-likeness (QED) is 0.586. The third-order valence-electron chi connectivity index (χ3n) is 3.49. The zero-order valence-corrected chi connectivity index (χ0v) is 12.7. The van der Waals surface area contributed by atoms with Gasteiger partial charge in [0, 0.05) is 17.5 Å². The molecule has 0 radical (unpaired) electrons. The Hall–Kier alpha value is -3.48. The second kappa shape index (κ2) is 6.33. The van der Waals surface area contributed by atoms with Gasteiger partial charge in [-0.2, -0.15) is 0 Å². The molecule has 0 aliphatic carbocycles. The van der Waals surface area contributed by atoms with Gasteiger partial charge in [0.05, 0.1) is 35.0 Å². The number of hydrogen-bond acceptors (Lipinski definition) is 5. The Labute approximate surface area is 137 Å². The number of nitrogens with zero attached hydrogens (tertiary/aromatic N) is 2. The van der Waals surface area contributed by atoms with Gasteiger partial charge in [0.1, 0.15) is 5.75 Å². The number of fused-ring (bicyclic) bond motifs is 1. The number of non-ortho nitro benzene ring substituents is 1. The number of pyridine rings is 1. The molecule has 7 nitrogen and oxygen atoms in total. The molecule has 0 aliphatic heterocycles. The summed E-state index contributed by atoms with van der Waals surface area (Å²) < 4.78 is 5.11. The summed E-state index contributed by atoms with van der Waals surface area (Å²) in [6.45, 7) is 0. The highest BCUT2D eigenvalue weighted by molar-refractivity contribution is 6.07. The van der Waals surface area contributed by atoms with Crippen LogP contribution in [0.5, 0.6) is 5.75 Å². The van der Waals surface area contributed by atoms with Crippen molar-refractivity contribution in [1.29, 1.82) is 0 Å². The first kappa shape index (κ1) is 15.4. The van der Waals surface area contributed by atoms with Crippen LogP contribution in [0.3, 0.4) is 0 Å². The minimum absolute atomic E-state index is 0.0832. The molecule has 0 unspecified atom stereocenters. The van der Waals surface area contributed by atoms with Crippen molar-refractivity contribution in [3.8, 4) is 5.75 Å². The minimum Gasteiger partial charge on any atom is -0.496 e. The van der Waals surface area contributed by atoms with Gasteiger partial charge in [-0.1, -0.05) is 18.2 Å². The van der Waals surface area contributed by atoms with Crippen molar-refractivity contribution in [3.05, 3.63) is 70.4 Å². The van der Waals surface area contributed by atoms with Crippen molar-refractivity contribution >= 4 is 28.2 Å². The number of carbonyl (C=O) groups excluding carboxylic acids is 1. The van der Waals surface area contributed by atoms with Crippen LogP contribution >= 0.6 is 0 Å². The van der Waals surface area contributed by atoms with E-state index in [2.05, 4.69) is 10.3 Å². The van der Waals surface area contributed by atoms with Gasteiger partial charge in [-0.15, -0.1) is 0 Å². The van der Waals surface area contributed by atoms with E-state index in [0.717, 1.165) is 10.9 Å². The second-order valence-electron chi connectivity index (χ2n) is 5.01. The van der Waals surface area contributed by atoms with Crippen molar-refractivity contribution in [2.24, 2.45) is 0 Å². The number of nitro benzene ring substituents is 1. The van der Waals surface area contributed by atoms with Crippen LogP contribution < -0.4 is 10.1 Å². The molecule has 120 valence electrons. The molecular formula is C17H13N3O4. The first-order valence-corrected chi connectivity index (χ1v) is 7.07. The lowest BCUT2D eigenvalue weighted by Crippen LogP contribution is -2.13. The molecule has 1 heterocycles. The fraction of sp³-hybridized carbons (Fsp3) is 0.0588. The standard InChI is InChI=1S/C17H13N3O4/c1-24-16-7-6-13(20(22)23)9-14(16)17(21)19-12-8-11-4-2-3-5-15(11)18-10-12/h2-10H,1H3,(H,19,21). The Balaban J connectivity index is 1.93. The van der Waals surface area contributed by atoms with E-state index in [0.29, 0.717) is 5.69 Å². The van der Waals surface area contributed by atoms with Crippen LogP contribution in [0.2, 0.25) is 0 Å². The van der Waals surface area contributed by atoms with E-state index in [1.807, 2.05) is 24.3 Å². The molecule has 7 heteroatoms. The van der Waals surface area contributed by atoms with E-state index < -0.39 is 10.8 Å². The number of para-hydroxylation sites is 1. The number of ether oxygens (including phenoxy) is 1. The Morgan fingerprint density at radius 3 is 2.75 bits per heavy atom. The third-order valence-corrected chi connectivity index (χ3v) is 3.49. The summed E-state index contributed by atoms with van der Waals surface area (Å²) in [7, 11) is 1.40. The van der Waals surface area contributed by atoms with Gasteiger partial charge in [-0.05, 0) is 18.2 Å². The average Bonchev–Trinajstić information content (AvgIpc) is 2.60. The number of methoxy groups -OCH3 is 1. The number of rotatable bonds is 4. The van der Waals surface area contributed by atoms with Crippen molar-refractivity contribution < 1.29 is 14.5 Å². The van der Waals surface area contributed by atoms with Gasteiger partial charge in [0.2, 0.25) is 0 Å². The Morgan fingerprint density at radius 1 is 1.21 bits per heavy atom. The van der Waals surface area contributed by atoms with Gasteiger partial charge >= 0.3 is 0 Å². The number of nitro groups is 1. The molecule has 0 saturated carbocycles. The smallest absolute Gasteiger partial charge is 0.270 e. The number of anilines is 1. The van der Waals surface area contributed by atoms with Gasteiger partial charge in [-0.25, -0.2) is 0 Å². The zero-order chi connectivity index (χ0) is 17.1. The van der Waals surface area contributed by atoms with E-state index in [4.69, 9.17) is 4.74 Å². The number of nitrogens with one attached hydrogen (secondary N) is 1. The van der Waals surface area contributed by atoms with Gasteiger partial charge in [0.15, 0.2) is 0 Å². The van der Waals surface area contributed by atoms with Crippen molar-refractivity contribution in [3.63, 3.8) is 0 Å². The summed E-state index contributed by atoms with van der Waals surface area (Å²) in [4.78, 5) is 27.1. The molecule has 0 saturated heterocycles. The molecule has 3 aromatic rings. The summed E-state index contributed by atoms with van der Waals surface area (Å²) in [6.07, 6.45) is 1.53. The van der Waals surface area contributed by atoms with E-state index in [-0.39, 0.29) is 17.0 Å². The third kappa shape index (κ3) is 3.00. The SMILES string of the molecule is COc1ccc([N+](=O)[O-])cc1C(=O)Nc1cnc2ccccc2c1. The van der Waals surface area contributed by atoms with E-state index in [1.54, 1.807) is 6.07 Å². The molecular weight excluding hydrogens is 310 g/mol. The molecule has 0 fully saturated rings. The van der Waals surface area contributed by atoms with Crippen molar-refractivity contribution in [2.75, 3.05) is 12.4 Å². The minimum atomic E-state index is -0.562. The van der Waals surface area contributed by atoms with Crippen LogP contribution in [0.25, 0.3) is 10.9 Å². The maximum absolute atomic E-state index is 12.5. The van der Waals surface area contributed by atoms with E-state index in [9.17, 15) is 14.9 Å². The number of amides is 1. The molecule has 3 rings (SSSR count). The molecule has 0 spiro atoms. The van der Waals surface area contributed by atoms with Crippen LogP contribution in [0.1, 0.15) is 10.4 Å². The van der Waals surface area contributed by atoms with Crippen LogP contribution in [-0.2, 0) is 0 Å². The first-order chi connectivity index (χ1) is 11.6. The molecule has 0 atom stereocenters. The second-order valence-corrected chi connectivity index (χ2v) is 5.01. The molecule has 2 aromatic carbocycles.